The number of benzene rings is 1. The molecule has 116 valence electrons. The highest BCUT2D eigenvalue weighted by molar-refractivity contribution is 9.10. The normalized spacial score (nSPS) is 17.8. The van der Waals surface area contributed by atoms with Gasteiger partial charge >= 0.3 is 6.18 Å². The van der Waals surface area contributed by atoms with E-state index in [1.807, 2.05) is 13.8 Å². The highest BCUT2D eigenvalue weighted by Crippen LogP contribution is 2.36. The van der Waals surface area contributed by atoms with Crippen LogP contribution in [0.4, 0.5) is 13.2 Å². The largest absolute Gasteiger partial charge is 0.417 e. The van der Waals surface area contributed by atoms with Gasteiger partial charge in [-0.25, -0.2) is 0 Å². The number of hydrogen-bond acceptors (Lipinski definition) is 2. The van der Waals surface area contributed by atoms with E-state index in [4.69, 9.17) is 0 Å². The average Bonchev–Trinajstić information content (AvgIpc) is 2.33. The Morgan fingerprint density at radius 3 is 2.43 bits per heavy atom. The number of aliphatic hydroxyl groups is 1. The Hall–Kier alpha value is -1.08. The van der Waals surface area contributed by atoms with E-state index in [1.54, 1.807) is 0 Å². The van der Waals surface area contributed by atoms with Crippen LogP contribution in [0.15, 0.2) is 22.7 Å². The van der Waals surface area contributed by atoms with Gasteiger partial charge in [-0.05, 0) is 24.1 Å². The highest BCUT2D eigenvalue weighted by atomic mass is 79.9. The summed E-state index contributed by atoms with van der Waals surface area (Å²) in [5.41, 5.74) is -1.86. The molecular weight excluding hydrogens is 351 g/mol. The molecule has 0 spiro atoms. The van der Waals surface area contributed by atoms with Gasteiger partial charge in [-0.1, -0.05) is 29.8 Å². The zero-order valence-electron chi connectivity index (χ0n) is 11.5. The quantitative estimate of drug-likeness (QED) is 0.873. The molecule has 1 amide bonds. The maximum absolute atomic E-state index is 12.8. The van der Waals surface area contributed by atoms with Crippen molar-refractivity contribution in [3.05, 3.63) is 33.8 Å². The topological polar surface area (TPSA) is 40.5 Å². The van der Waals surface area contributed by atoms with Crippen molar-refractivity contribution in [2.45, 2.75) is 25.6 Å². The summed E-state index contributed by atoms with van der Waals surface area (Å²) < 4.78 is 38.4. The molecule has 0 saturated carbocycles. The van der Waals surface area contributed by atoms with Gasteiger partial charge in [0.25, 0.3) is 5.91 Å². The van der Waals surface area contributed by atoms with Crippen LogP contribution in [0.5, 0.6) is 0 Å². The summed E-state index contributed by atoms with van der Waals surface area (Å²) in [4.78, 5) is 13.5. The van der Waals surface area contributed by atoms with Crippen molar-refractivity contribution in [1.29, 1.82) is 0 Å². The lowest BCUT2D eigenvalue weighted by molar-refractivity contribution is -0.138. The molecule has 3 nitrogen and oxygen atoms in total. The van der Waals surface area contributed by atoms with E-state index in [-0.39, 0.29) is 29.0 Å². The minimum absolute atomic E-state index is 0.0165. The second-order valence-electron chi connectivity index (χ2n) is 5.61. The second-order valence-corrected chi connectivity index (χ2v) is 6.47. The minimum atomic E-state index is -4.53. The first kappa shape index (κ1) is 16.3. The number of carbonyl (C=O) groups is 1. The van der Waals surface area contributed by atoms with E-state index in [2.05, 4.69) is 15.9 Å². The van der Waals surface area contributed by atoms with Crippen molar-refractivity contribution >= 4 is 21.8 Å². The van der Waals surface area contributed by atoms with E-state index in [0.717, 1.165) is 6.07 Å². The lowest BCUT2D eigenvalue weighted by atomic mass is 9.82. The van der Waals surface area contributed by atoms with Crippen LogP contribution < -0.4 is 0 Å². The van der Waals surface area contributed by atoms with Crippen LogP contribution in [0.25, 0.3) is 0 Å². The van der Waals surface area contributed by atoms with E-state index in [9.17, 15) is 23.1 Å². The smallest absolute Gasteiger partial charge is 0.386 e. The Labute approximate surface area is 128 Å². The van der Waals surface area contributed by atoms with Gasteiger partial charge in [0.05, 0.1) is 18.7 Å². The van der Waals surface area contributed by atoms with Crippen LogP contribution >= 0.6 is 15.9 Å². The molecule has 2 rings (SSSR count). The Balaban J connectivity index is 2.19. The number of amides is 1. The Morgan fingerprint density at radius 1 is 1.38 bits per heavy atom. The molecule has 0 atom stereocenters. The Bertz CT molecular complexity index is 566. The van der Waals surface area contributed by atoms with Crippen molar-refractivity contribution in [2.75, 3.05) is 13.1 Å². The third-order valence-corrected chi connectivity index (χ3v) is 4.50. The molecule has 1 aromatic carbocycles. The van der Waals surface area contributed by atoms with Crippen molar-refractivity contribution in [3.63, 3.8) is 0 Å². The highest BCUT2D eigenvalue weighted by Gasteiger charge is 2.46. The lowest BCUT2D eigenvalue weighted by Gasteiger charge is -2.49. The lowest BCUT2D eigenvalue weighted by Crippen LogP contribution is -2.65. The molecule has 1 heterocycles. The van der Waals surface area contributed by atoms with Crippen molar-refractivity contribution < 1.29 is 23.1 Å². The second kappa shape index (κ2) is 5.28. The molecule has 0 unspecified atom stereocenters. The predicted molar refractivity (Wildman–Crippen MR) is 74.8 cm³/mol. The first-order valence-corrected chi connectivity index (χ1v) is 7.22. The van der Waals surface area contributed by atoms with Crippen molar-refractivity contribution in [3.8, 4) is 0 Å². The fraction of sp³-hybridized carbons (Fsp3) is 0.500. The minimum Gasteiger partial charge on any atom is -0.386 e. The molecule has 1 aromatic rings. The summed E-state index contributed by atoms with van der Waals surface area (Å²) in [6.07, 6.45) is -4.53. The first-order valence-electron chi connectivity index (χ1n) is 6.43. The zero-order valence-corrected chi connectivity index (χ0v) is 13.1. The number of carbonyl (C=O) groups excluding carboxylic acids is 1. The molecule has 21 heavy (non-hydrogen) atoms. The van der Waals surface area contributed by atoms with E-state index in [1.165, 1.54) is 17.0 Å². The van der Waals surface area contributed by atoms with Crippen LogP contribution in [0.3, 0.4) is 0 Å². The van der Waals surface area contributed by atoms with Gasteiger partial charge < -0.3 is 10.0 Å². The van der Waals surface area contributed by atoms with E-state index in [0.29, 0.717) is 0 Å². The molecule has 0 aliphatic carbocycles. The summed E-state index contributed by atoms with van der Waals surface area (Å²) in [7, 11) is 0. The van der Waals surface area contributed by atoms with Crippen molar-refractivity contribution in [2.24, 2.45) is 5.92 Å². The average molecular weight is 366 g/mol. The van der Waals surface area contributed by atoms with E-state index >= 15 is 0 Å². The third-order valence-electron chi connectivity index (χ3n) is 3.81. The van der Waals surface area contributed by atoms with E-state index < -0.39 is 23.2 Å². The van der Waals surface area contributed by atoms with Gasteiger partial charge in [0, 0.05) is 10.0 Å². The third kappa shape index (κ3) is 3.08. The molecule has 1 N–H and O–H groups in total. The van der Waals surface area contributed by atoms with Gasteiger partial charge in [0.15, 0.2) is 0 Å². The first-order chi connectivity index (χ1) is 9.54. The summed E-state index contributed by atoms with van der Waals surface area (Å²) in [6.45, 7) is 3.95. The zero-order chi connectivity index (χ0) is 16.0. The number of rotatable bonds is 2. The standard InChI is InChI=1S/C14H15BrF3NO2/c1-8(2)13(21)6-19(7-13)12(20)9-3-4-11(15)10(5-9)14(16,17)18/h3-5,8,21H,6-7H2,1-2H3. The molecule has 0 aromatic heterocycles. The molecular formula is C14H15BrF3NO2. The molecule has 1 saturated heterocycles. The maximum atomic E-state index is 12.8. The van der Waals surface area contributed by atoms with Gasteiger partial charge in [-0.15, -0.1) is 0 Å². The summed E-state index contributed by atoms with van der Waals surface area (Å²) in [5, 5.41) is 10.1. The number of nitrogens with zero attached hydrogens (tertiary/aromatic N) is 1. The van der Waals surface area contributed by atoms with Crippen LogP contribution in [0, 0.1) is 5.92 Å². The fourth-order valence-corrected chi connectivity index (χ4v) is 2.65. The van der Waals surface area contributed by atoms with Crippen LogP contribution in [-0.4, -0.2) is 34.6 Å². The number of halogens is 4. The maximum Gasteiger partial charge on any atom is 0.417 e. The Kier molecular flexibility index (Phi) is 4.10. The number of hydrogen-bond donors (Lipinski definition) is 1. The van der Waals surface area contributed by atoms with Gasteiger partial charge in [-0.2, -0.15) is 13.2 Å². The van der Waals surface area contributed by atoms with Gasteiger partial charge in [0.2, 0.25) is 0 Å². The molecule has 1 fully saturated rings. The van der Waals surface area contributed by atoms with Crippen LogP contribution in [0.1, 0.15) is 29.8 Å². The monoisotopic (exact) mass is 365 g/mol. The summed E-state index contributed by atoms with van der Waals surface area (Å²) in [6, 6.07) is 3.39. The number of alkyl halides is 3. The van der Waals surface area contributed by atoms with Gasteiger partial charge in [-0.3, -0.25) is 4.79 Å². The van der Waals surface area contributed by atoms with Crippen LogP contribution in [0.2, 0.25) is 0 Å². The van der Waals surface area contributed by atoms with Crippen molar-refractivity contribution in [1.82, 2.24) is 4.90 Å². The van der Waals surface area contributed by atoms with Gasteiger partial charge in [0.1, 0.15) is 5.60 Å². The molecule has 0 bridgehead atoms. The predicted octanol–water partition coefficient (Wildman–Crippen LogP) is 3.31. The molecule has 1 aliphatic rings. The molecule has 7 heteroatoms. The molecule has 0 radical (unpaired) electrons. The SMILES string of the molecule is CC(C)C1(O)CN(C(=O)c2ccc(Br)c(C(F)(F)F)c2)C1. The number of β-amino-alcohol motifs (C(OH)–C–C–N with tert-alkyl or cyclic N) is 1. The summed E-state index contributed by atoms with van der Waals surface area (Å²) in [5.74, 6) is -0.518. The fourth-order valence-electron chi connectivity index (χ4n) is 2.18. The number of likely N-dealkylation sites (tertiary alicyclic amines) is 1. The summed E-state index contributed by atoms with van der Waals surface area (Å²) >= 11 is 2.84. The molecule has 1 aliphatic heterocycles. The van der Waals surface area contributed by atoms with Crippen LogP contribution in [-0.2, 0) is 6.18 Å². The Morgan fingerprint density at radius 2 is 1.95 bits per heavy atom.